The third kappa shape index (κ3) is 5.31. The number of hydrogen-bond acceptors (Lipinski definition) is 7. The van der Waals surface area contributed by atoms with Crippen molar-refractivity contribution in [3.8, 4) is 5.75 Å². The van der Waals surface area contributed by atoms with Crippen LogP contribution >= 0.6 is 0 Å². The van der Waals surface area contributed by atoms with E-state index in [1.54, 1.807) is 13.4 Å². The molecule has 9 nitrogen and oxygen atoms in total. The number of rotatable bonds is 10. The van der Waals surface area contributed by atoms with E-state index in [-0.39, 0.29) is 11.6 Å². The number of aromatic nitrogens is 5. The van der Waals surface area contributed by atoms with Crippen LogP contribution in [0.15, 0.2) is 76.1 Å². The highest BCUT2D eigenvalue weighted by Crippen LogP contribution is 2.27. The van der Waals surface area contributed by atoms with Gasteiger partial charge in [-0.3, -0.25) is 9.69 Å². The van der Waals surface area contributed by atoms with E-state index in [2.05, 4.69) is 32.3 Å². The SMILES string of the molecule is CCC(c1nnnn1Cc1ccc(OC)cc1)N(Cc1ccco1)Cc1cc2cccc(C)c2[nH]c1=O. The van der Waals surface area contributed by atoms with Gasteiger partial charge in [0.2, 0.25) is 0 Å². The average molecular weight is 499 g/mol. The number of benzene rings is 2. The number of pyridine rings is 1. The summed E-state index contributed by atoms with van der Waals surface area (Å²) in [5, 5.41) is 13.7. The van der Waals surface area contributed by atoms with E-state index in [9.17, 15) is 4.79 Å². The Morgan fingerprint density at radius 2 is 1.95 bits per heavy atom. The number of hydrogen-bond donors (Lipinski definition) is 1. The molecule has 1 N–H and O–H groups in total. The van der Waals surface area contributed by atoms with Crippen molar-refractivity contribution < 1.29 is 9.15 Å². The molecular formula is C28H30N6O3. The van der Waals surface area contributed by atoms with Crippen LogP contribution in [0.25, 0.3) is 10.9 Å². The van der Waals surface area contributed by atoms with Crippen LogP contribution in [0, 0.1) is 6.92 Å². The molecule has 0 aliphatic carbocycles. The van der Waals surface area contributed by atoms with Gasteiger partial charge in [0.25, 0.3) is 5.56 Å². The van der Waals surface area contributed by atoms with Crippen LogP contribution < -0.4 is 10.3 Å². The molecule has 37 heavy (non-hydrogen) atoms. The lowest BCUT2D eigenvalue weighted by Crippen LogP contribution is -2.32. The first-order valence-corrected chi connectivity index (χ1v) is 12.3. The summed E-state index contributed by atoms with van der Waals surface area (Å²) in [5.41, 5.74) is 3.54. The summed E-state index contributed by atoms with van der Waals surface area (Å²) in [6.07, 6.45) is 2.40. The van der Waals surface area contributed by atoms with Gasteiger partial charge in [0, 0.05) is 12.1 Å². The number of methoxy groups -OCH3 is 1. The van der Waals surface area contributed by atoms with Crippen molar-refractivity contribution in [3.05, 3.63) is 106 Å². The predicted molar refractivity (Wildman–Crippen MR) is 140 cm³/mol. The van der Waals surface area contributed by atoms with Gasteiger partial charge in [-0.25, -0.2) is 4.68 Å². The lowest BCUT2D eigenvalue weighted by molar-refractivity contribution is 0.149. The molecule has 0 saturated heterocycles. The van der Waals surface area contributed by atoms with E-state index in [0.717, 1.165) is 45.8 Å². The first-order chi connectivity index (χ1) is 18.1. The monoisotopic (exact) mass is 498 g/mol. The highest BCUT2D eigenvalue weighted by atomic mass is 16.5. The Balaban J connectivity index is 1.48. The molecule has 1 atom stereocenters. The van der Waals surface area contributed by atoms with Crippen LogP contribution in [0.3, 0.4) is 0 Å². The Hall–Kier alpha value is -4.24. The molecule has 0 spiro atoms. The zero-order valence-electron chi connectivity index (χ0n) is 21.2. The molecule has 3 heterocycles. The van der Waals surface area contributed by atoms with Gasteiger partial charge >= 0.3 is 0 Å². The Bertz CT molecular complexity index is 1520. The summed E-state index contributed by atoms with van der Waals surface area (Å²) in [5.74, 6) is 2.34. The second-order valence-corrected chi connectivity index (χ2v) is 9.11. The predicted octanol–water partition coefficient (Wildman–Crippen LogP) is 4.63. The van der Waals surface area contributed by atoms with Gasteiger partial charge in [-0.2, -0.15) is 0 Å². The smallest absolute Gasteiger partial charge is 0.252 e. The average Bonchev–Trinajstić information content (AvgIpc) is 3.59. The normalized spacial score (nSPS) is 12.3. The van der Waals surface area contributed by atoms with Crippen LogP contribution in [-0.4, -0.2) is 37.2 Å². The van der Waals surface area contributed by atoms with Gasteiger partial charge in [0.15, 0.2) is 5.82 Å². The van der Waals surface area contributed by atoms with E-state index in [4.69, 9.17) is 9.15 Å². The molecule has 2 aromatic carbocycles. The Kier molecular flexibility index (Phi) is 7.14. The fraction of sp³-hybridized carbons (Fsp3) is 0.286. The van der Waals surface area contributed by atoms with Crippen molar-refractivity contribution in [2.75, 3.05) is 7.11 Å². The maximum atomic E-state index is 13.1. The van der Waals surface area contributed by atoms with Crippen molar-refractivity contribution in [2.24, 2.45) is 0 Å². The molecule has 3 aromatic heterocycles. The minimum atomic E-state index is -0.147. The zero-order valence-corrected chi connectivity index (χ0v) is 21.2. The standard InChI is InChI=1S/C28H30N6O3/c1-4-25(27-30-31-32-34(27)16-20-10-12-23(36-3)13-11-20)33(18-24-9-6-14-37-24)17-22-15-21-8-5-7-19(2)26(21)29-28(22)35/h5-15,25H,4,16-18H2,1-3H3,(H,29,35). The molecule has 0 saturated carbocycles. The summed E-state index contributed by atoms with van der Waals surface area (Å²) < 4.78 is 12.8. The summed E-state index contributed by atoms with van der Waals surface area (Å²) in [4.78, 5) is 18.4. The zero-order chi connectivity index (χ0) is 25.8. The van der Waals surface area contributed by atoms with Gasteiger partial charge in [-0.1, -0.05) is 37.3 Å². The summed E-state index contributed by atoms with van der Waals surface area (Å²) in [7, 11) is 1.65. The van der Waals surface area contributed by atoms with Gasteiger partial charge in [-0.05, 0) is 70.6 Å². The molecule has 0 aliphatic rings. The van der Waals surface area contributed by atoms with E-state index >= 15 is 0 Å². The lowest BCUT2D eigenvalue weighted by Gasteiger charge is -2.29. The van der Waals surface area contributed by atoms with E-state index in [1.807, 2.05) is 72.3 Å². The third-order valence-corrected chi connectivity index (χ3v) is 6.65. The number of aryl methyl sites for hydroxylation is 1. The number of nitrogens with zero attached hydrogens (tertiary/aromatic N) is 5. The first-order valence-electron chi connectivity index (χ1n) is 12.3. The van der Waals surface area contributed by atoms with Gasteiger partial charge in [0.1, 0.15) is 11.5 Å². The fourth-order valence-electron chi connectivity index (χ4n) is 4.71. The largest absolute Gasteiger partial charge is 0.497 e. The number of furan rings is 1. The van der Waals surface area contributed by atoms with Crippen molar-refractivity contribution in [1.29, 1.82) is 0 Å². The molecule has 0 radical (unpaired) electrons. The topological polar surface area (TPSA) is 102 Å². The van der Waals surface area contributed by atoms with Crippen LogP contribution in [0.5, 0.6) is 5.75 Å². The minimum absolute atomic E-state index is 0.0982. The van der Waals surface area contributed by atoms with Gasteiger partial charge < -0.3 is 14.1 Å². The van der Waals surface area contributed by atoms with Gasteiger partial charge in [0.05, 0.1) is 38.0 Å². The van der Waals surface area contributed by atoms with Gasteiger partial charge in [-0.15, -0.1) is 5.10 Å². The Morgan fingerprint density at radius 3 is 2.68 bits per heavy atom. The quantitative estimate of drug-likeness (QED) is 0.300. The lowest BCUT2D eigenvalue weighted by atomic mass is 10.1. The molecule has 0 amide bonds. The number of para-hydroxylation sites is 1. The van der Waals surface area contributed by atoms with Crippen molar-refractivity contribution >= 4 is 10.9 Å². The molecule has 5 aromatic rings. The second-order valence-electron chi connectivity index (χ2n) is 9.11. The van der Waals surface area contributed by atoms with Crippen molar-refractivity contribution in [2.45, 2.75) is 45.9 Å². The van der Waals surface area contributed by atoms with E-state index in [1.165, 1.54) is 0 Å². The number of aromatic amines is 1. The van der Waals surface area contributed by atoms with E-state index < -0.39 is 0 Å². The van der Waals surface area contributed by atoms with Crippen LogP contribution in [-0.2, 0) is 19.6 Å². The van der Waals surface area contributed by atoms with E-state index in [0.29, 0.717) is 25.2 Å². The minimum Gasteiger partial charge on any atom is -0.497 e. The molecule has 5 rings (SSSR count). The molecule has 0 bridgehead atoms. The maximum absolute atomic E-state index is 13.1. The summed E-state index contributed by atoms with van der Waals surface area (Å²) in [6.45, 7) is 5.53. The Labute approximate surface area is 214 Å². The summed E-state index contributed by atoms with van der Waals surface area (Å²) >= 11 is 0. The van der Waals surface area contributed by atoms with Crippen molar-refractivity contribution in [1.82, 2.24) is 30.1 Å². The second kappa shape index (κ2) is 10.8. The Morgan fingerprint density at radius 1 is 1.11 bits per heavy atom. The van der Waals surface area contributed by atoms with Crippen molar-refractivity contribution in [3.63, 3.8) is 0 Å². The molecular weight excluding hydrogens is 468 g/mol. The maximum Gasteiger partial charge on any atom is 0.252 e. The van der Waals surface area contributed by atoms with Crippen LogP contribution in [0.1, 0.15) is 47.7 Å². The highest BCUT2D eigenvalue weighted by molar-refractivity contribution is 5.81. The molecule has 0 aliphatic heterocycles. The highest BCUT2D eigenvalue weighted by Gasteiger charge is 2.27. The molecule has 9 heteroatoms. The summed E-state index contributed by atoms with van der Waals surface area (Å²) in [6, 6.07) is 19.5. The van der Waals surface area contributed by atoms with Crippen LogP contribution in [0.2, 0.25) is 0 Å². The first kappa shape index (κ1) is 24.5. The number of tetrazole rings is 1. The van der Waals surface area contributed by atoms with Crippen LogP contribution in [0.4, 0.5) is 0 Å². The molecule has 1 unspecified atom stereocenters. The molecule has 0 fully saturated rings. The number of fused-ring (bicyclic) bond motifs is 1. The third-order valence-electron chi connectivity index (χ3n) is 6.65. The number of ether oxygens (including phenoxy) is 1. The number of H-pyrrole nitrogens is 1. The fourth-order valence-corrected chi connectivity index (χ4v) is 4.71. The molecule has 190 valence electrons. The number of nitrogens with one attached hydrogen (secondary N) is 1.